The minimum absolute atomic E-state index is 0.349. The maximum Gasteiger partial charge on any atom is 0.162 e. The summed E-state index contributed by atoms with van der Waals surface area (Å²) in [5.74, 6) is 1.42. The summed E-state index contributed by atoms with van der Waals surface area (Å²) in [4.78, 5) is 15.6. The van der Waals surface area contributed by atoms with E-state index < -0.39 is 5.54 Å². The molecule has 1 saturated heterocycles. The van der Waals surface area contributed by atoms with Gasteiger partial charge in [0.15, 0.2) is 5.78 Å². The molecular weight excluding hydrogens is 314 g/mol. The average molecular weight is 335 g/mol. The van der Waals surface area contributed by atoms with Gasteiger partial charge in [0, 0.05) is 31.6 Å². The molecule has 2 heterocycles. The normalized spacial score (nSPS) is 19.1. The highest BCUT2D eigenvalue weighted by molar-refractivity contribution is 8.03. The van der Waals surface area contributed by atoms with Crippen molar-refractivity contribution in [3.05, 3.63) is 82.9 Å². The van der Waals surface area contributed by atoms with Crippen LogP contribution in [0.5, 0.6) is 0 Å². The van der Waals surface area contributed by atoms with E-state index in [1.807, 2.05) is 23.9 Å². The quantitative estimate of drug-likeness (QED) is 0.840. The predicted molar refractivity (Wildman–Crippen MR) is 99.9 cm³/mol. The van der Waals surface area contributed by atoms with E-state index in [1.165, 1.54) is 16.2 Å². The Morgan fingerprint density at radius 2 is 1.50 bits per heavy atom. The van der Waals surface area contributed by atoms with E-state index in [0.717, 1.165) is 25.1 Å². The molecule has 0 aromatic heterocycles. The summed E-state index contributed by atoms with van der Waals surface area (Å²) in [5.41, 5.74) is 2.02. The summed E-state index contributed by atoms with van der Waals surface area (Å²) in [6.45, 7) is 0.960. The molecule has 0 N–H and O–H groups in total. The van der Waals surface area contributed by atoms with E-state index in [9.17, 15) is 4.79 Å². The van der Waals surface area contributed by atoms with Gasteiger partial charge in [-0.15, -0.1) is 11.8 Å². The number of benzene rings is 2. The van der Waals surface area contributed by atoms with E-state index in [1.54, 1.807) is 0 Å². The Morgan fingerprint density at radius 3 is 2.08 bits per heavy atom. The van der Waals surface area contributed by atoms with Crippen molar-refractivity contribution in [2.24, 2.45) is 0 Å². The highest BCUT2D eigenvalue weighted by atomic mass is 32.2. The van der Waals surface area contributed by atoms with Gasteiger partial charge < -0.3 is 4.90 Å². The largest absolute Gasteiger partial charge is 0.352 e. The second-order valence-corrected chi connectivity index (χ2v) is 7.64. The summed E-state index contributed by atoms with van der Waals surface area (Å²) in [5, 5.41) is 1.29. The van der Waals surface area contributed by atoms with Crippen molar-refractivity contribution >= 4 is 17.5 Å². The zero-order valence-corrected chi connectivity index (χ0v) is 14.5. The molecule has 24 heavy (non-hydrogen) atoms. The van der Waals surface area contributed by atoms with E-state index >= 15 is 0 Å². The first-order valence-electron chi connectivity index (χ1n) is 8.50. The number of nitrogens with zero attached hydrogens (tertiary/aromatic N) is 1. The van der Waals surface area contributed by atoms with Crippen LogP contribution in [-0.4, -0.2) is 28.5 Å². The fraction of sp³-hybridized carbons (Fsp3) is 0.286. The lowest BCUT2D eigenvalue weighted by atomic mass is 9.77. The molecule has 0 spiro atoms. The van der Waals surface area contributed by atoms with Crippen LogP contribution in [0.1, 0.15) is 17.5 Å². The van der Waals surface area contributed by atoms with E-state index in [-0.39, 0.29) is 0 Å². The first kappa shape index (κ1) is 15.5. The van der Waals surface area contributed by atoms with Crippen molar-refractivity contribution in [2.45, 2.75) is 24.8 Å². The minimum Gasteiger partial charge on any atom is -0.352 e. The molecular formula is C21H21NOS. The highest BCUT2D eigenvalue weighted by Gasteiger charge is 2.47. The van der Waals surface area contributed by atoms with Crippen LogP contribution in [0.2, 0.25) is 0 Å². The van der Waals surface area contributed by atoms with Gasteiger partial charge in [-0.05, 0) is 17.2 Å². The Labute approximate surface area is 147 Å². The van der Waals surface area contributed by atoms with Crippen LogP contribution in [0.15, 0.2) is 71.8 Å². The Balaban J connectivity index is 1.76. The molecule has 2 aromatic carbocycles. The molecule has 0 amide bonds. The summed E-state index contributed by atoms with van der Waals surface area (Å²) >= 11 is 1.89. The number of Topliss-reactive ketones (excluding diaryl/α,β-unsaturated/α-hetero) is 1. The molecule has 2 nitrogen and oxygen atoms in total. The molecule has 0 atom stereocenters. The van der Waals surface area contributed by atoms with Crippen molar-refractivity contribution in [1.82, 2.24) is 4.90 Å². The van der Waals surface area contributed by atoms with Gasteiger partial charge in [0.2, 0.25) is 0 Å². The molecule has 122 valence electrons. The Kier molecular flexibility index (Phi) is 4.19. The van der Waals surface area contributed by atoms with Crippen LogP contribution in [0, 0.1) is 0 Å². The van der Waals surface area contributed by atoms with Gasteiger partial charge in [-0.2, -0.15) is 0 Å². The fourth-order valence-electron chi connectivity index (χ4n) is 3.86. The zero-order valence-electron chi connectivity index (χ0n) is 13.7. The van der Waals surface area contributed by atoms with Crippen LogP contribution >= 0.6 is 11.8 Å². The Hall–Kier alpha value is -2.00. The second-order valence-electron chi connectivity index (χ2n) is 6.53. The third kappa shape index (κ3) is 2.78. The van der Waals surface area contributed by atoms with Crippen LogP contribution in [0.3, 0.4) is 0 Å². The van der Waals surface area contributed by atoms with Crippen molar-refractivity contribution in [3.8, 4) is 0 Å². The van der Waals surface area contributed by atoms with Gasteiger partial charge in [-0.3, -0.25) is 4.79 Å². The van der Waals surface area contributed by atoms with E-state index in [4.69, 9.17) is 0 Å². The minimum atomic E-state index is -0.448. The van der Waals surface area contributed by atoms with E-state index in [2.05, 4.69) is 59.5 Å². The number of carbonyl (C=O) groups excluding carboxylic acids is 1. The number of ketones is 1. The Bertz CT molecular complexity index is 712. The van der Waals surface area contributed by atoms with Gasteiger partial charge in [-0.25, -0.2) is 0 Å². The maximum absolute atomic E-state index is 13.2. The van der Waals surface area contributed by atoms with Crippen molar-refractivity contribution < 1.29 is 4.79 Å². The lowest BCUT2D eigenvalue weighted by Crippen LogP contribution is -2.57. The molecule has 1 fully saturated rings. The van der Waals surface area contributed by atoms with E-state index in [0.29, 0.717) is 12.2 Å². The molecule has 4 rings (SSSR count). The number of carbonyl (C=O) groups is 1. The monoisotopic (exact) mass is 335 g/mol. The number of hydrogen-bond acceptors (Lipinski definition) is 3. The highest BCUT2D eigenvalue weighted by Crippen LogP contribution is 2.42. The SMILES string of the molecule is O=C1CC=C2SCCN2C1(Cc1ccccc1)Cc1ccccc1. The first-order valence-corrected chi connectivity index (χ1v) is 9.48. The number of fused-ring (bicyclic) bond motifs is 1. The fourth-order valence-corrected chi connectivity index (χ4v) is 4.97. The molecule has 0 aliphatic carbocycles. The lowest BCUT2D eigenvalue weighted by Gasteiger charge is -2.45. The summed E-state index contributed by atoms with van der Waals surface area (Å²) < 4.78 is 0. The summed E-state index contributed by atoms with van der Waals surface area (Å²) in [7, 11) is 0. The molecule has 0 saturated carbocycles. The zero-order chi connectivity index (χ0) is 16.4. The van der Waals surface area contributed by atoms with Crippen molar-refractivity contribution in [1.29, 1.82) is 0 Å². The number of thioether (sulfide) groups is 1. The van der Waals surface area contributed by atoms with Gasteiger partial charge in [0.25, 0.3) is 0 Å². The van der Waals surface area contributed by atoms with Crippen LogP contribution in [0.25, 0.3) is 0 Å². The summed E-state index contributed by atoms with van der Waals surface area (Å²) in [6.07, 6.45) is 4.23. The Morgan fingerprint density at radius 1 is 0.917 bits per heavy atom. The molecule has 3 heteroatoms. The van der Waals surface area contributed by atoms with Gasteiger partial charge in [-0.1, -0.05) is 60.7 Å². The third-order valence-electron chi connectivity index (χ3n) is 5.01. The smallest absolute Gasteiger partial charge is 0.162 e. The van der Waals surface area contributed by atoms with Crippen LogP contribution < -0.4 is 0 Å². The molecule has 2 aliphatic rings. The molecule has 0 bridgehead atoms. The molecule has 0 unspecified atom stereocenters. The van der Waals surface area contributed by atoms with Crippen LogP contribution in [-0.2, 0) is 17.6 Å². The van der Waals surface area contributed by atoms with Crippen LogP contribution in [0.4, 0.5) is 0 Å². The van der Waals surface area contributed by atoms with Gasteiger partial charge in [0.1, 0.15) is 5.54 Å². The topological polar surface area (TPSA) is 20.3 Å². The number of rotatable bonds is 4. The molecule has 0 radical (unpaired) electrons. The predicted octanol–water partition coefficient (Wildman–Crippen LogP) is 4.07. The molecule has 2 aromatic rings. The number of allylic oxidation sites excluding steroid dienone is 1. The second kappa shape index (κ2) is 6.48. The number of hydrogen-bond donors (Lipinski definition) is 0. The standard InChI is InChI=1S/C21H21NOS/c23-19-11-12-20-22(13-14-24-20)21(19,15-17-7-3-1-4-8-17)16-18-9-5-2-6-10-18/h1-10,12H,11,13-16H2. The molecule has 2 aliphatic heterocycles. The lowest BCUT2D eigenvalue weighted by molar-refractivity contribution is -0.129. The van der Waals surface area contributed by atoms with Gasteiger partial charge in [0.05, 0.1) is 5.03 Å². The average Bonchev–Trinajstić information content (AvgIpc) is 3.10. The van der Waals surface area contributed by atoms with Crippen molar-refractivity contribution in [2.75, 3.05) is 12.3 Å². The first-order chi connectivity index (χ1) is 11.8. The summed E-state index contributed by atoms with van der Waals surface area (Å²) in [6, 6.07) is 20.9. The maximum atomic E-state index is 13.2. The van der Waals surface area contributed by atoms with Gasteiger partial charge >= 0.3 is 0 Å². The third-order valence-corrected chi connectivity index (χ3v) is 6.08. The van der Waals surface area contributed by atoms with Crippen molar-refractivity contribution in [3.63, 3.8) is 0 Å².